The van der Waals surface area contributed by atoms with Crippen LogP contribution in [0.1, 0.15) is 13.8 Å². The van der Waals surface area contributed by atoms with Gasteiger partial charge in [0.25, 0.3) is 0 Å². The van der Waals surface area contributed by atoms with Crippen molar-refractivity contribution in [2.75, 3.05) is 19.7 Å². The van der Waals surface area contributed by atoms with Gasteiger partial charge in [0.2, 0.25) is 5.91 Å². The van der Waals surface area contributed by atoms with E-state index >= 15 is 0 Å². The van der Waals surface area contributed by atoms with Crippen molar-refractivity contribution in [2.24, 2.45) is 11.1 Å². The van der Waals surface area contributed by atoms with Crippen LogP contribution in [-0.4, -0.2) is 41.9 Å². The van der Waals surface area contributed by atoms with Crippen LogP contribution in [0, 0.1) is 5.41 Å². The smallest absolute Gasteiger partial charge is 0.247 e. The summed E-state index contributed by atoms with van der Waals surface area (Å²) in [6, 6.07) is 0. The zero-order chi connectivity index (χ0) is 10.5. The summed E-state index contributed by atoms with van der Waals surface area (Å²) in [5.41, 5.74) is 4.59. The van der Waals surface area contributed by atoms with Crippen molar-refractivity contribution >= 4 is 5.91 Å². The molecule has 0 fully saturated rings. The molecule has 5 nitrogen and oxygen atoms in total. The molecule has 1 atom stereocenters. The van der Waals surface area contributed by atoms with Gasteiger partial charge in [-0.15, -0.1) is 0 Å². The molecule has 0 rings (SSSR count). The van der Waals surface area contributed by atoms with E-state index in [0.717, 1.165) is 0 Å². The molecule has 1 unspecified atom stereocenters. The highest BCUT2D eigenvalue weighted by Crippen LogP contribution is 2.10. The monoisotopic (exact) mass is 190 g/mol. The fourth-order valence-corrected chi connectivity index (χ4v) is 0.704. The van der Waals surface area contributed by atoms with Gasteiger partial charge in [0, 0.05) is 25.1 Å². The Morgan fingerprint density at radius 1 is 1.62 bits per heavy atom. The van der Waals surface area contributed by atoms with E-state index < -0.39 is 12.0 Å². The van der Waals surface area contributed by atoms with Crippen molar-refractivity contribution < 1.29 is 15.0 Å². The third-order valence-corrected chi connectivity index (χ3v) is 1.70. The van der Waals surface area contributed by atoms with E-state index in [0.29, 0.717) is 6.54 Å². The van der Waals surface area contributed by atoms with Crippen molar-refractivity contribution in [3.63, 3.8) is 0 Å². The zero-order valence-electron chi connectivity index (χ0n) is 8.08. The average Bonchev–Trinajstić information content (AvgIpc) is 2.04. The molecule has 5 N–H and O–H groups in total. The largest absolute Gasteiger partial charge is 0.396 e. The number of aliphatic hydroxyl groups is 2. The molecule has 5 heteroatoms. The van der Waals surface area contributed by atoms with E-state index in [1.807, 2.05) is 13.8 Å². The van der Waals surface area contributed by atoms with Crippen molar-refractivity contribution in [1.29, 1.82) is 0 Å². The lowest BCUT2D eigenvalue weighted by Gasteiger charge is -2.22. The van der Waals surface area contributed by atoms with Crippen LogP contribution >= 0.6 is 0 Å². The number of carbonyl (C=O) groups excluding carboxylic acids is 1. The molecule has 0 bridgehead atoms. The van der Waals surface area contributed by atoms with Gasteiger partial charge < -0.3 is 21.3 Å². The van der Waals surface area contributed by atoms with Gasteiger partial charge in [0.1, 0.15) is 6.10 Å². The molecule has 0 aromatic heterocycles. The van der Waals surface area contributed by atoms with Crippen molar-refractivity contribution in [2.45, 2.75) is 20.0 Å². The second-order valence-electron chi connectivity index (χ2n) is 3.87. The third kappa shape index (κ3) is 5.57. The molecular weight excluding hydrogens is 172 g/mol. The Kier molecular flexibility index (Phi) is 4.90. The van der Waals surface area contributed by atoms with Crippen LogP contribution in [0.15, 0.2) is 0 Å². The van der Waals surface area contributed by atoms with E-state index in [1.165, 1.54) is 0 Å². The first kappa shape index (κ1) is 12.3. The maximum Gasteiger partial charge on any atom is 0.247 e. The molecule has 0 aliphatic carbocycles. The summed E-state index contributed by atoms with van der Waals surface area (Å²) in [5, 5.41) is 20.7. The fourth-order valence-electron chi connectivity index (χ4n) is 0.704. The number of primary amides is 1. The van der Waals surface area contributed by atoms with Crippen LogP contribution in [-0.2, 0) is 4.79 Å². The predicted molar refractivity (Wildman–Crippen MR) is 48.9 cm³/mol. The number of hydrogen-bond acceptors (Lipinski definition) is 4. The second-order valence-corrected chi connectivity index (χ2v) is 3.87. The Bertz CT molecular complexity index is 171. The second kappa shape index (κ2) is 5.16. The lowest BCUT2D eigenvalue weighted by molar-refractivity contribution is -0.125. The first-order valence-electron chi connectivity index (χ1n) is 4.18. The number of nitrogens with two attached hydrogens (primary N) is 1. The maximum atomic E-state index is 10.4. The van der Waals surface area contributed by atoms with Crippen LogP contribution < -0.4 is 11.1 Å². The third-order valence-electron chi connectivity index (χ3n) is 1.70. The van der Waals surface area contributed by atoms with E-state index in [-0.39, 0.29) is 18.6 Å². The van der Waals surface area contributed by atoms with Gasteiger partial charge in [-0.2, -0.15) is 0 Å². The molecule has 0 aliphatic rings. The number of aliphatic hydroxyl groups excluding tert-OH is 2. The molecule has 0 aromatic rings. The maximum absolute atomic E-state index is 10.4. The Balaban J connectivity index is 3.62. The summed E-state index contributed by atoms with van der Waals surface area (Å²) in [5.74, 6) is -0.741. The van der Waals surface area contributed by atoms with Gasteiger partial charge >= 0.3 is 0 Å². The molecule has 78 valence electrons. The summed E-state index contributed by atoms with van der Waals surface area (Å²) < 4.78 is 0. The number of amides is 1. The molecular formula is C8H18N2O3. The normalized spacial score (nSPS) is 14.2. The highest BCUT2D eigenvalue weighted by atomic mass is 16.3. The minimum Gasteiger partial charge on any atom is -0.396 e. The molecule has 0 saturated carbocycles. The highest BCUT2D eigenvalue weighted by molar-refractivity contribution is 5.78. The molecule has 1 amide bonds. The Morgan fingerprint density at radius 2 is 2.15 bits per heavy atom. The Hall–Kier alpha value is -0.650. The summed E-state index contributed by atoms with van der Waals surface area (Å²) in [6.07, 6.45) is -1.16. The van der Waals surface area contributed by atoms with Crippen LogP contribution in [0.2, 0.25) is 0 Å². The summed E-state index contributed by atoms with van der Waals surface area (Å²) >= 11 is 0. The fraction of sp³-hybridized carbons (Fsp3) is 0.875. The number of carbonyl (C=O) groups is 1. The molecule has 0 radical (unpaired) electrons. The molecule has 0 aromatic carbocycles. The van der Waals surface area contributed by atoms with Gasteiger partial charge in [-0.1, -0.05) is 13.8 Å². The summed E-state index contributed by atoms with van der Waals surface area (Å²) in [6.45, 7) is 4.44. The lowest BCUT2D eigenvalue weighted by atomic mass is 9.95. The molecule has 0 aliphatic heterocycles. The molecule has 13 heavy (non-hydrogen) atoms. The molecule has 0 heterocycles. The molecule has 0 saturated heterocycles. The first-order chi connectivity index (χ1) is 5.89. The highest BCUT2D eigenvalue weighted by Gasteiger charge is 2.17. The van der Waals surface area contributed by atoms with Gasteiger partial charge in [-0.3, -0.25) is 4.79 Å². The van der Waals surface area contributed by atoms with E-state index in [4.69, 9.17) is 15.9 Å². The first-order valence-corrected chi connectivity index (χ1v) is 4.18. The minimum absolute atomic E-state index is 0.0483. The minimum atomic E-state index is -1.16. The predicted octanol–water partition coefficient (Wildman–Crippen LogP) is -1.56. The van der Waals surface area contributed by atoms with Crippen molar-refractivity contribution in [1.82, 2.24) is 5.32 Å². The molecule has 0 spiro atoms. The number of nitrogens with one attached hydrogen (secondary N) is 1. The number of rotatable bonds is 6. The van der Waals surface area contributed by atoms with Crippen molar-refractivity contribution in [3.05, 3.63) is 0 Å². The van der Waals surface area contributed by atoms with Gasteiger partial charge in [0.15, 0.2) is 0 Å². The Morgan fingerprint density at radius 3 is 2.54 bits per heavy atom. The van der Waals surface area contributed by atoms with Gasteiger partial charge in [-0.05, 0) is 0 Å². The van der Waals surface area contributed by atoms with E-state index in [9.17, 15) is 4.79 Å². The van der Waals surface area contributed by atoms with Gasteiger partial charge in [-0.25, -0.2) is 0 Å². The van der Waals surface area contributed by atoms with Crippen LogP contribution in [0.4, 0.5) is 0 Å². The quantitative estimate of drug-likeness (QED) is 0.407. The Labute approximate surface area is 77.9 Å². The van der Waals surface area contributed by atoms with E-state index in [2.05, 4.69) is 5.32 Å². The summed E-state index contributed by atoms with van der Waals surface area (Å²) in [7, 11) is 0. The van der Waals surface area contributed by atoms with Crippen molar-refractivity contribution in [3.8, 4) is 0 Å². The van der Waals surface area contributed by atoms with Crippen LogP contribution in [0.3, 0.4) is 0 Å². The summed E-state index contributed by atoms with van der Waals surface area (Å²) in [4.78, 5) is 10.4. The van der Waals surface area contributed by atoms with E-state index in [1.54, 1.807) is 0 Å². The standard InChI is InChI=1S/C8H18N2O3/c1-8(2,5-11)4-10-3-6(12)7(9)13/h6,10-12H,3-5H2,1-2H3,(H2,9,13). The SMILES string of the molecule is CC(C)(CO)CNCC(O)C(N)=O. The number of hydrogen-bond donors (Lipinski definition) is 4. The van der Waals surface area contributed by atoms with Crippen LogP contribution in [0.5, 0.6) is 0 Å². The van der Waals surface area contributed by atoms with Crippen LogP contribution in [0.25, 0.3) is 0 Å². The average molecular weight is 190 g/mol. The zero-order valence-corrected chi connectivity index (χ0v) is 8.08. The van der Waals surface area contributed by atoms with Gasteiger partial charge in [0.05, 0.1) is 0 Å². The topological polar surface area (TPSA) is 95.6 Å². The lowest BCUT2D eigenvalue weighted by Crippen LogP contribution is -2.41.